The summed E-state index contributed by atoms with van der Waals surface area (Å²) >= 11 is 0. The molecule has 2 N–H and O–H groups in total. The molecule has 0 atom stereocenters. The third-order valence-electron chi connectivity index (χ3n) is 2.94. The Morgan fingerprint density at radius 3 is 2.27 bits per heavy atom. The van der Waals surface area contributed by atoms with Crippen LogP contribution >= 0.6 is 0 Å². The molecular formula is C9H20N2. The van der Waals surface area contributed by atoms with Gasteiger partial charge >= 0.3 is 0 Å². The van der Waals surface area contributed by atoms with Crippen LogP contribution in [0.3, 0.4) is 0 Å². The van der Waals surface area contributed by atoms with Crippen LogP contribution in [-0.4, -0.2) is 32.1 Å². The molecule has 1 aliphatic rings. The minimum absolute atomic E-state index is 0.532. The smallest absolute Gasteiger partial charge is 0.00191 e. The topological polar surface area (TPSA) is 29.3 Å². The first-order valence-electron chi connectivity index (χ1n) is 4.53. The summed E-state index contributed by atoms with van der Waals surface area (Å²) in [4.78, 5) is 2.25. The van der Waals surface area contributed by atoms with Crippen molar-refractivity contribution in [3.05, 3.63) is 0 Å². The van der Waals surface area contributed by atoms with Gasteiger partial charge in [0.05, 0.1) is 0 Å². The molecule has 0 bridgehead atoms. The van der Waals surface area contributed by atoms with Crippen molar-refractivity contribution in [2.75, 3.05) is 27.2 Å². The zero-order chi connectivity index (χ0) is 8.32. The lowest BCUT2D eigenvalue weighted by molar-refractivity contribution is 0.117. The number of nitrogens with zero attached hydrogens (tertiary/aromatic N) is 1. The first-order valence-corrected chi connectivity index (χ1v) is 4.53. The van der Waals surface area contributed by atoms with Crippen LogP contribution in [-0.2, 0) is 0 Å². The van der Waals surface area contributed by atoms with E-state index in [2.05, 4.69) is 19.0 Å². The summed E-state index contributed by atoms with van der Waals surface area (Å²) < 4.78 is 0. The lowest BCUT2D eigenvalue weighted by Gasteiger charge is -2.41. The molecule has 0 aromatic rings. The molecule has 0 aromatic carbocycles. The van der Waals surface area contributed by atoms with Crippen molar-refractivity contribution in [2.24, 2.45) is 11.1 Å². The van der Waals surface area contributed by atoms with Gasteiger partial charge in [-0.05, 0) is 51.9 Å². The molecule has 0 unspecified atom stereocenters. The molecule has 2 nitrogen and oxygen atoms in total. The SMILES string of the molecule is CN(C)CCC1(CN)CCC1. The van der Waals surface area contributed by atoms with Crippen molar-refractivity contribution in [1.29, 1.82) is 0 Å². The van der Waals surface area contributed by atoms with Crippen molar-refractivity contribution in [3.8, 4) is 0 Å². The van der Waals surface area contributed by atoms with Crippen molar-refractivity contribution in [1.82, 2.24) is 4.90 Å². The monoisotopic (exact) mass is 156 g/mol. The molecule has 2 heteroatoms. The van der Waals surface area contributed by atoms with Crippen LogP contribution in [0.1, 0.15) is 25.7 Å². The molecule has 0 amide bonds. The van der Waals surface area contributed by atoms with E-state index in [1.165, 1.54) is 32.2 Å². The molecule has 11 heavy (non-hydrogen) atoms. The van der Waals surface area contributed by atoms with E-state index in [0.29, 0.717) is 5.41 Å². The Hall–Kier alpha value is -0.0800. The fourth-order valence-corrected chi connectivity index (χ4v) is 1.69. The Balaban J connectivity index is 2.22. The normalized spacial score (nSPS) is 21.8. The molecule has 0 aromatic heterocycles. The summed E-state index contributed by atoms with van der Waals surface area (Å²) in [6.07, 6.45) is 5.40. The highest BCUT2D eigenvalue weighted by Crippen LogP contribution is 2.42. The van der Waals surface area contributed by atoms with Gasteiger partial charge in [-0.2, -0.15) is 0 Å². The predicted octanol–water partition coefficient (Wildman–Crippen LogP) is 1.07. The molecule has 0 aliphatic heterocycles. The Labute approximate surface area is 69.8 Å². The van der Waals surface area contributed by atoms with Crippen LogP contribution in [0.4, 0.5) is 0 Å². The Morgan fingerprint density at radius 2 is 2.00 bits per heavy atom. The van der Waals surface area contributed by atoms with Crippen molar-refractivity contribution in [3.63, 3.8) is 0 Å². The summed E-state index contributed by atoms with van der Waals surface area (Å²) in [6, 6.07) is 0. The van der Waals surface area contributed by atoms with Crippen LogP contribution in [0.5, 0.6) is 0 Å². The molecule has 0 spiro atoms. The quantitative estimate of drug-likeness (QED) is 0.659. The molecule has 0 heterocycles. The van der Waals surface area contributed by atoms with E-state index in [1.807, 2.05) is 0 Å². The van der Waals surface area contributed by atoms with Gasteiger partial charge in [0.25, 0.3) is 0 Å². The van der Waals surface area contributed by atoms with Gasteiger partial charge in [0.2, 0.25) is 0 Å². The summed E-state index contributed by atoms with van der Waals surface area (Å²) in [5.41, 5.74) is 6.27. The fourth-order valence-electron chi connectivity index (χ4n) is 1.69. The van der Waals surface area contributed by atoms with Crippen LogP contribution in [0.2, 0.25) is 0 Å². The maximum Gasteiger partial charge on any atom is -0.00191 e. The third kappa shape index (κ3) is 2.17. The molecule has 1 rings (SSSR count). The highest BCUT2D eigenvalue weighted by atomic mass is 15.0. The zero-order valence-electron chi connectivity index (χ0n) is 7.77. The van der Waals surface area contributed by atoms with Crippen LogP contribution in [0.25, 0.3) is 0 Å². The van der Waals surface area contributed by atoms with Gasteiger partial charge < -0.3 is 10.6 Å². The number of nitrogens with two attached hydrogens (primary N) is 1. The Morgan fingerprint density at radius 1 is 1.36 bits per heavy atom. The van der Waals surface area contributed by atoms with Gasteiger partial charge in [-0.3, -0.25) is 0 Å². The van der Waals surface area contributed by atoms with E-state index in [0.717, 1.165) is 6.54 Å². The highest BCUT2D eigenvalue weighted by Gasteiger charge is 2.34. The van der Waals surface area contributed by atoms with E-state index in [-0.39, 0.29) is 0 Å². The Bertz CT molecular complexity index is 111. The number of hydrogen-bond acceptors (Lipinski definition) is 2. The van der Waals surface area contributed by atoms with Gasteiger partial charge in [-0.15, -0.1) is 0 Å². The highest BCUT2D eigenvalue weighted by molar-refractivity contribution is 4.88. The molecule has 1 fully saturated rings. The molecule has 1 aliphatic carbocycles. The van der Waals surface area contributed by atoms with Gasteiger partial charge in [0.15, 0.2) is 0 Å². The van der Waals surface area contributed by atoms with Gasteiger partial charge in [-0.1, -0.05) is 6.42 Å². The lowest BCUT2D eigenvalue weighted by Crippen LogP contribution is -2.39. The van der Waals surface area contributed by atoms with Gasteiger partial charge in [-0.25, -0.2) is 0 Å². The number of rotatable bonds is 4. The summed E-state index contributed by atoms with van der Waals surface area (Å²) in [7, 11) is 4.26. The van der Waals surface area contributed by atoms with Crippen LogP contribution in [0, 0.1) is 5.41 Å². The minimum atomic E-state index is 0.532. The fraction of sp³-hybridized carbons (Fsp3) is 1.00. The largest absolute Gasteiger partial charge is 0.330 e. The van der Waals surface area contributed by atoms with Gasteiger partial charge in [0, 0.05) is 0 Å². The average Bonchev–Trinajstić information content (AvgIpc) is 1.86. The second-order valence-electron chi connectivity index (χ2n) is 4.11. The third-order valence-corrected chi connectivity index (χ3v) is 2.94. The predicted molar refractivity (Wildman–Crippen MR) is 48.5 cm³/mol. The second kappa shape index (κ2) is 3.55. The van der Waals surface area contributed by atoms with E-state index in [4.69, 9.17) is 5.73 Å². The maximum atomic E-state index is 5.74. The van der Waals surface area contributed by atoms with Crippen LogP contribution in [0.15, 0.2) is 0 Å². The van der Waals surface area contributed by atoms with Crippen molar-refractivity contribution in [2.45, 2.75) is 25.7 Å². The first-order chi connectivity index (χ1) is 5.18. The Kier molecular flexibility index (Phi) is 2.90. The van der Waals surface area contributed by atoms with Gasteiger partial charge in [0.1, 0.15) is 0 Å². The molecule has 0 saturated heterocycles. The first kappa shape index (κ1) is 9.01. The standard InChI is InChI=1S/C9H20N2/c1-11(2)7-6-9(8-10)4-3-5-9/h3-8,10H2,1-2H3. The van der Waals surface area contributed by atoms with Crippen molar-refractivity contribution >= 4 is 0 Å². The molecule has 66 valence electrons. The van der Waals surface area contributed by atoms with E-state index in [1.54, 1.807) is 0 Å². The van der Waals surface area contributed by atoms with Crippen molar-refractivity contribution < 1.29 is 0 Å². The summed E-state index contributed by atoms with van der Waals surface area (Å²) in [5, 5.41) is 0. The lowest BCUT2D eigenvalue weighted by atomic mass is 9.67. The summed E-state index contributed by atoms with van der Waals surface area (Å²) in [6.45, 7) is 2.08. The number of hydrogen-bond donors (Lipinski definition) is 1. The van der Waals surface area contributed by atoms with E-state index >= 15 is 0 Å². The molecule has 1 saturated carbocycles. The van der Waals surface area contributed by atoms with E-state index in [9.17, 15) is 0 Å². The zero-order valence-corrected chi connectivity index (χ0v) is 7.77. The maximum absolute atomic E-state index is 5.74. The second-order valence-corrected chi connectivity index (χ2v) is 4.11. The van der Waals surface area contributed by atoms with Crippen LogP contribution < -0.4 is 5.73 Å². The minimum Gasteiger partial charge on any atom is -0.330 e. The molecule has 0 radical (unpaired) electrons. The average molecular weight is 156 g/mol. The van der Waals surface area contributed by atoms with E-state index < -0.39 is 0 Å². The molecular weight excluding hydrogens is 136 g/mol. The summed E-state index contributed by atoms with van der Waals surface area (Å²) in [5.74, 6) is 0.